The molecule has 1 fully saturated rings. The lowest BCUT2D eigenvalue weighted by molar-refractivity contribution is 0.0417. The maximum atomic E-state index is 11.7. The molecule has 0 amide bonds. The second-order valence-corrected chi connectivity index (χ2v) is 5.39. The number of rotatable bonds is 3. The molecular weight excluding hydrogens is 244 g/mol. The molecule has 3 N–H and O–H groups in total. The predicted molar refractivity (Wildman–Crippen MR) is 64.2 cm³/mol. The fourth-order valence-electron chi connectivity index (χ4n) is 1.83. The Bertz CT molecular complexity index is 526. The normalized spacial score (nSPS) is 22.2. The van der Waals surface area contributed by atoms with Gasteiger partial charge < -0.3 is 10.2 Å². The minimum Gasteiger partial charge on any atom is -0.396 e. The number of aliphatic hydroxyl groups is 2. The number of nitrogens with one attached hydrogen (secondary N) is 1. The lowest BCUT2D eigenvalue weighted by atomic mass is 9.90. The summed E-state index contributed by atoms with van der Waals surface area (Å²) < 4.78 is 1.37. The third kappa shape index (κ3) is 1.84. The Hall–Kier alpha value is -1.05. The van der Waals surface area contributed by atoms with Crippen LogP contribution < -0.4 is 11.2 Å². The average molecular weight is 258 g/mol. The van der Waals surface area contributed by atoms with Crippen molar-refractivity contribution in [2.24, 2.45) is 5.41 Å². The van der Waals surface area contributed by atoms with Crippen molar-refractivity contribution in [3.8, 4) is 0 Å². The van der Waals surface area contributed by atoms with E-state index in [2.05, 4.69) is 4.98 Å². The van der Waals surface area contributed by atoms with Gasteiger partial charge in [-0.25, -0.2) is 4.79 Å². The van der Waals surface area contributed by atoms with Crippen molar-refractivity contribution in [3.05, 3.63) is 32.6 Å². The van der Waals surface area contributed by atoms with Crippen LogP contribution in [0.4, 0.5) is 0 Å². The van der Waals surface area contributed by atoms with Crippen molar-refractivity contribution in [3.63, 3.8) is 0 Å². The van der Waals surface area contributed by atoms with Crippen LogP contribution in [0, 0.1) is 12.3 Å². The van der Waals surface area contributed by atoms with E-state index in [0.29, 0.717) is 11.3 Å². The summed E-state index contributed by atoms with van der Waals surface area (Å²) in [7, 11) is 0. The zero-order chi connectivity index (χ0) is 12.6. The SMILES string of the molecule is Cc1cn([C@@H]2SCC2(CO)CO)c(=O)[nH]c1=O. The number of hydrogen-bond donors (Lipinski definition) is 3. The van der Waals surface area contributed by atoms with Gasteiger partial charge in [-0.1, -0.05) is 0 Å². The summed E-state index contributed by atoms with van der Waals surface area (Å²) in [6.07, 6.45) is 1.47. The fraction of sp³-hybridized carbons (Fsp3) is 0.600. The summed E-state index contributed by atoms with van der Waals surface area (Å²) in [5, 5.41) is 18.3. The highest BCUT2D eigenvalue weighted by molar-refractivity contribution is 8.00. The second kappa shape index (κ2) is 4.32. The van der Waals surface area contributed by atoms with Crippen molar-refractivity contribution in [2.45, 2.75) is 12.3 Å². The van der Waals surface area contributed by atoms with Crippen molar-refractivity contribution < 1.29 is 10.2 Å². The van der Waals surface area contributed by atoms with Crippen LogP contribution in [0.5, 0.6) is 0 Å². The monoisotopic (exact) mass is 258 g/mol. The first-order valence-corrected chi connectivity index (χ1v) is 6.24. The molecule has 0 bridgehead atoms. The fourth-order valence-corrected chi connectivity index (χ4v) is 3.26. The van der Waals surface area contributed by atoms with Crippen LogP contribution in [0.15, 0.2) is 15.8 Å². The van der Waals surface area contributed by atoms with Crippen molar-refractivity contribution in [2.75, 3.05) is 19.0 Å². The molecule has 6 nitrogen and oxygen atoms in total. The first-order valence-electron chi connectivity index (χ1n) is 5.19. The summed E-state index contributed by atoms with van der Waals surface area (Å²) >= 11 is 1.46. The molecular formula is C10H14N2O4S. The van der Waals surface area contributed by atoms with E-state index in [1.807, 2.05) is 0 Å². The molecule has 0 unspecified atom stereocenters. The van der Waals surface area contributed by atoms with Crippen LogP contribution in [0.1, 0.15) is 10.9 Å². The number of nitrogens with zero attached hydrogens (tertiary/aromatic N) is 1. The Morgan fingerprint density at radius 3 is 2.65 bits per heavy atom. The van der Waals surface area contributed by atoms with Gasteiger partial charge in [-0.15, -0.1) is 11.8 Å². The highest BCUT2D eigenvalue weighted by Crippen LogP contribution is 2.52. The van der Waals surface area contributed by atoms with Crippen LogP contribution in [0.3, 0.4) is 0 Å². The Kier molecular flexibility index (Phi) is 3.15. The zero-order valence-corrected chi connectivity index (χ0v) is 10.2. The first-order chi connectivity index (χ1) is 8.04. The summed E-state index contributed by atoms with van der Waals surface area (Å²) in [5.41, 5.74) is -1.17. The van der Waals surface area contributed by atoms with Crippen LogP contribution in [-0.2, 0) is 0 Å². The molecule has 0 saturated carbocycles. The minimum absolute atomic E-state index is 0.189. The van der Waals surface area contributed by atoms with Gasteiger partial charge in [0.25, 0.3) is 5.56 Å². The van der Waals surface area contributed by atoms with Crippen molar-refractivity contribution in [1.29, 1.82) is 0 Å². The van der Waals surface area contributed by atoms with Crippen LogP contribution >= 0.6 is 11.8 Å². The standard InChI is InChI=1S/C10H14N2O4S/c1-6-2-12(9(16)11-7(6)15)8-10(3-13,4-14)5-17-8/h2,8,13-14H,3-5H2,1H3,(H,11,15,16)/t8-/m1/s1. The van der Waals surface area contributed by atoms with E-state index in [4.69, 9.17) is 0 Å². The van der Waals surface area contributed by atoms with Gasteiger partial charge in [-0.2, -0.15) is 0 Å². The van der Waals surface area contributed by atoms with Gasteiger partial charge in [0.1, 0.15) is 0 Å². The number of aromatic amines is 1. The molecule has 0 spiro atoms. The van der Waals surface area contributed by atoms with E-state index in [1.165, 1.54) is 22.5 Å². The second-order valence-electron chi connectivity index (χ2n) is 4.32. The minimum atomic E-state index is -0.681. The van der Waals surface area contributed by atoms with E-state index < -0.39 is 16.7 Å². The summed E-state index contributed by atoms with van der Waals surface area (Å²) in [6.45, 7) is 1.23. The van der Waals surface area contributed by atoms with Crippen LogP contribution in [0.25, 0.3) is 0 Å². The number of aliphatic hydroxyl groups excluding tert-OH is 2. The molecule has 17 heavy (non-hydrogen) atoms. The molecule has 94 valence electrons. The molecule has 0 aliphatic carbocycles. The molecule has 1 atom stereocenters. The highest BCUT2D eigenvalue weighted by Gasteiger charge is 2.48. The topological polar surface area (TPSA) is 95.3 Å². The molecule has 1 aromatic rings. The lowest BCUT2D eigenvalue weighted by Crippen LogP contribution is -2.51. The number of aromatic nitrogens is 2. The van der Waals surface area contributed by atoms with Crippen molar-refractivity contribution in [1.82, 2.24) is 9.55 Å². The number of hydrogen-bond acceptors (Lipinski definition) is 5. The van der Waals surface area contributed by atoms with Gasteiger partial charge in [-0.3, -0.25) is 14.3 Å². The molecule has 1 aromatic heterocycles. The molecule has 1 aliphatic heterocycles. The van der Waals surface area contributed by atoms with E-state index in [9.17, 15) is 19.8 Å². The predicted octanol–water partition coefficient (Wildman–Crippen LogP) is -0.939. The summed E-state index contributed by atoms with van der Waals surface area (Å²) in [6, 6.07) is 0. The Balaban J connectivity index is 2.46. The van der Waals surface area contributed by atoms with E-state index in [1.54, 1.807) is 6.92 Å². The molecule has 2 rings (SSSR count). The van der Waals surface area contributed by atoms with Gasteiger partial charge >= 0.3 is 5.69 Å². The van der Waals surface area contributed by atoms with E-state index >= 15 is 0 Å². The first kappa shape index (κ1) is 12.4. The molecule has 1 aliphatic rings. The van der Waals surface area contributed by atoms with Crippen LogP contribution in [0.2, 0.25) is 0 Å². The summed E-state index contributed by atoms with van der Waals surface area (Å²) in [4.78, 5) is 25.1. The molecule has 0 radical (unpaired) electrons. The summed E-state index contributed by atoms with van der Waals surface area (Å²) in [5.74, 6) is 0.593. The quantitative estimate of drug-likeness (QED) is 0.650. The van der Waals surface area contributed by atoms with Crippen LogP contribution in [-0.4, -0.2) is 38.7 Å². The van der Waals surface area contributed by atoms with Gasteiger partial charge in [0.2, 0.25) is 0 Å². The van der Waals surface area contributed by atoms with Gasteiger partial charge in [0.15, 0.2) is 0 Å². The maximum absolute atomic E-state index is 11.7. The van der Waals surface area contributed by atoms with E-state index in [0.717, 1.165) is 0 Å². The number of H-pyrrole nitrogens is 1. The Morgan fingerprint density at radius 2 is 2.18 bits per heavy atom. The van der Waals surface area contributed by atoms with Gasteiger partial charge in [0.05, 0.1) is 24.0 Å². The van der Waals surface area contributed by atoms with Crippen molar-refractivity contribution >= 4 is 11.8 Å². The smallest absolute Gasteiger partial charge is 0.329 e. The number of thioether (sulfide) groups is 1. The largest absolute Gasteiger partial charge is 0.396 e. The van der Waals surface area contributed by atoms with E-state index in [-0.39, 0.29) is 18.6 Å². The maximum Gasteiger partial charge on any atom is 0.329 e. The molecule has 1 saturated heterocycles. The molecule has 2 heterocycles. The highest BCUT2D eigenvalue weighted by atomic mass is 32.2. The number of aryl methyl sites for hydroxylation is 1. The molecule has 7 heteroatoms. The Labute approximate surface area is 101 Å². The van der Waals surface area contributed by atoms with Gasteiger partial charge in [0, 0.05) is 17.5 Å². The Morgan fingerprint density at radius 1 is 1.53 bits per heavy atom. The third-order valence-corrected chi connectivity index (χ3v) is 4.87. The third-order valence-electron chi connectivity index (χ3n) is 3.08. The average Bonchev–Trinajstić information content (AvgIpc) is 2.26. The zero-order valence-electron chi connectivity index (χ0n) is 9.34. The molecule has 0 aromatic carbocycles. The lowest BCUT2D eigenvalue weighted by Gasteiger charge is -2.46. The van der Waals surface area contributed by atoms with Gasteiger partial charge in [-0.05, 0) is 6.92 Å².